The fourth-order valence-electron chi connectivity index (χ4n) is 1.87. The molecule has 0 unspecified atom stereocenters. The van der Waals surface area contributed by atoms with Gasteiger partial charge in [-0.05, 0) is 24.3 Å². The number of rotatable bonds is 6. The molecule has 0 radical (unpaired) electrons. The first-order valence-electron chi connectivity index (χ1n) is 6.39. The number of carbonyl (C=O) groups excluding carboxylic acids is 1. The van der Waals surface area contributed by atoms with Crippen molar-refractivity contribution in [3.63, 3.8) is 0 Å². The number of nitrogens with zero attached hydrogens (tertiary/aromatic N) is 1. The van der Waals surface area contributed by atoms with Gasteiger partial charge in [-0.1, -0.05) is 0 Å². The summed E-state index contributed by atoms with van der Waals surface area (Å²) < 4.78 is 36.5. The molecule has 7 heteroatoms. The van der Waals surface area contributed by atoms with Gasteiger partial charge in [-0.25, -0.2) is 8.42 Å². The third-order valence-corrected chi connectivity index (χ3v) is 4.85. The number of sulfonamides is 1. The Balaban J connectivity index is 2.06. The van der Waals surface area contributed by atoms with Crippen molar-refractivity contribution in [3.8, 4) is 5.75 Å². The molecule has 1 aliphatic heterocycles. The van der Waals surface area contributed by atoms with Gasteiger partial charge in [0.25, 0.3) is 0 Å². The molecule has 1 aromatic carbocycles. The van der Waals surface area contributed by atoms with Crippen molar-refractivity contribution in [2.24, 2.45) is 0 Å². The van der Waals surface area contributed by atoms with E-state index in [4.69, 9.17) is 9.47 Å². The summed E-state index contributed by atoms with van der Waals surface area (Å²) in [6.45, 7) is 1.89. The molecule has 1 saturated heterocycles. The first-order chi connectivity index (χ1) is 9.64. The Kier molecular flexibility index (Phi) is 5.11. The third kappa shape index (κ3) is 3.56. The Morgan fingerprint density at radius 3 is 2.45 bits per heavy atom. The highest BCUT2D eigenvalue weighted by molar-refractivity contribution is 7.89. The minimum atomic E-state index is -3.46. The zero-order valence-electron chi connectivity index (χ0n) is 11.0. The van der Waals surface area contributed by atoms with Gasteiger partial charge in [-0.2, -0.15) is 4.31 Å². The maximum absolute atomic E-state index is 12.3. The normalized spacial score (nSPS) is 16.8. The van der Waals surface area contributed by atoms with Crippen LogP contribution in [0.4, 0.5) is 0 Å². The van der Waals surface area contributed by atoms with Crippen LogP contribution < -0.4 is 4.74 Å². The van der Waals surface area contributed by atoms with Crippen LogP contribution in [0, 0.1) is 0 Å². The molecule has 0 amide bonds. The van der Waals surface area contributed by atoms with E-state index < -0.39 is 10.0 Å². The molecule has 0 bridgehead atoms. The maximum Gasteiger partial charge on any atom is 0.243 e. The van der Waals surface area contributed by atoms with Gasteiger partial charge in [-0.15, -0.1) is 0 Å². The maximum atomic E-state index is 12.3. The van der Waals surface area contributed by atoms with Crippen LogP contribution in [-0.4, -0.2) is 51.9 Å². The number of hydrogen-bond acceptors (Lipinski definition) is 5. The molecule has 2 rings (SSSR count). The first kappa shape index (κ1) is 15.0. The number of carbonyl (C=O) groups is 1. The highest BCUT2D eigenvalue weighted by Crippen LogP contribution is 2.20. The average molecular weight is 299 g/mol. The standard InChI is InChI=1S/C13H17NO5S/c15-8-1-9-19-12-2-4-13(5-3-12)20(16,17)14-6-10-18-11-7-14/h2-5,8H,1,6-7,9-11H2. The molecule has 0 aliphatic carbocycles. The Labute approximate surface area is 118 Å². The van der Waals surface area contributed by atoms with Gasteiger partial charge in [0.1, 0.15) is 12.0 Å². The van der Waals surface area contributed by atoms with Crippen LogP contribution in [0.1, 0.15) is 6.42 Å². The van der Waals surface area contributed by atoms with Crippen LogP contribution in [0.15, 0.2) is 29.2 Å². The fourth-order valence-corrected chi connectivity index (χ4v) is 3.28. The predicted molar refractivity (Wildman–Crippen MR) is 72.2 cm³/mol. The largest absolute Gasteiger partial charge is 0.493 e. The van der Waals surface area contributed by atoms with Gasteiger partial charge in [0.05, 0.1) is 24.7 Å². The average Bonchev–Trinajstić information content (AvgIpc) is 2.49. The van der Waals surface area contributed by atoms with Crippen LogP contribution >= 0.6 is 0 Å². The van der Waals surface area contributed by atoms with E-state index in [1.54, 1.807) is 12.1 Å². The van der Waals surface area contributed by atoms with Gasteiger partial charge < -0.3 is 14.3 Å². The van der Waals surface area contributed by atoms with E-state index in [0.29, 0.717) is 45.1 Å². The van der Waals surface area contributed by atoms with Crippen LogP contribution in [0.25, 0.3) is 0 Å². The van der Waals surface area contributed by atoms with Crippen molar-refractivity contribution >= 4 is 16.3 Å². The van der Waals surface area contributed by atoms with Crippen LogP contribution in [0.5, 0.6) is 5.75 Å². The van der Waals surface area contributed by atoms with Crippen LogP contribution in [0.3, 0.4) is 0 Å². The molecule has 0 saturated carbocycles. The first-order valence-corrected chi connectivity index (χ1v) is 7.83. The molecule has 0 atom stereocenters. The molecule has 1 heterocycles. The van der Waals surface area contributed by atoms with Crippen molar-refractivity contribution in [1.82, 2.24) is 4.31 Å². The van der Waals surface area contributed by atoms with Crippen molar-refractivity contribution in [1.29, 1.82) is 0 Å². The predicted octanol–water partition coefficient (Wildman–Crippen LogP) is 0.675. The summed E-state index contributed by atoms with van der Waals surface area (Å²) in [4.78, 5) is 10.4. The highest BCUT2D eigenvalue weighted by Gasteiger charge is 2.26. The second kappa shape index (κ2) is 6.83. The molecule has 1 aliphatic rings. The van der Waals surface area contributed by atoms with E-state index in [9.17, 15) is 13.2 Å². The van der Waals surface area contributed by atoms with Crippen molar-refractivity contribution in [3.05, 3.63) is 24.3 Å². The lowest BCUT2D eigenvalue weighted by molar-refractivity contribution is -0.108. The minimum Gasteiger partial charge on any atom is -0.493 e. The lowest BCUT2D eigenvalue weighted by Gasteiger charge is -2.26. The smallest absolute Gasteiger partial charge is 0.243 e. The summed E-state index contributed by atoms with van der Waals surface area (Å²) >= 11 is 0. The molecular weight excluding hydrogens is 282 g/mol. The van der Waals surface area contributed by atoms with Gasteiger partial charge in [0.2, 0.25) is 10.0 Å². The van der Waals surface area contributed by atoms with Gasteiger partial charge in [-0.3, -0.25) is 0 Å². The molecule has 6 nitrogen and oxygen atoms in total. The Bertz CT molecular complexity index is 534. The van der Waals surface area contributed by atoms with E-state index in [2.05, 4.69) is 0 Å². The number of benzene rings is 1. The molecule has 110 valence electrons. The summed E-state index contributed by atoms with van der Waals surface area (Å²) in [5.74, 6) is 0.549. The monoisotopic (exact) mass is 299 g/mol. The second-order valence-corrected chi connectivity index (χ2v) is 6.23. The van der Waals surface area contributed by atoms with Crippen LogP contribution in [0.2, 0.25) is 0 Å². The minimum absolute atomic E-state index is 0.238. The molecule has 1 aromatic rings. The SMILES string of the molecule is O=CCCOc1ccc(S(=O)(=O)N2CCOCC2)cc1. The third-order valence-electron chi connectivity index (χ3n) is 2.94. The molecule has 20 heavy (non-hydrogen) atoms. The van der Waals surface area contributed by atoms with Crippen molar-refractivity contribution in [2.75, 3.05) is 32.9 Å². The molecular formula is C13H17NO5S. The van der Waals surface area contributed by atoms with E-state index >= 15 is 0 Å². The fraction of sp³-hybridized carbons (Fsp3) is 0.462. The number of morpholine rings is 1. The van der Waals surface area contributed by atoms with Gasteiger partial charge in [0.15, 0.2) is 0 Å². The summed E-state index contributed by atoms with van der Waals surface area (Å²) in [6, 6.07) is 6.22. The highest BCUT2D eigenvalue weighted by atomic mass is 32.2. The Morgan fingerprint density at radius 2 is 1.85 bits per heavy atom. The summed E-state index contributed by atoms with van der Waals surface area (Å²) in [5.41, 5.74) is 0. The van der Waals surface area contributed by atoms with E-state index in [0.717, 1.165) is 6.29 Å². The zero-order chi connectivity index (χ0) is 14.4. The van der Waals surface area contributed by atoms with Gasteiger partial charge in [0, 0.05) is 19.5 Å². The van der Waals surface area contributed by atoms with E-state index in [1.807, 2.05) is 0 Å². The summed E-state index contributed by atoms with van der Waals surface area (Å²) in [6.07, 6.45) is 1.09. The van der Waals surface area contributed by atoms with Crippen molar-refractivity contribution < 1.29 is 22.7 Å². The van der Waals surface area contributed by atoms with E-state index in [1.165, 1.54) is 16.4 Å². The van der Waals surface area contributed by atoms with Crippen molar-refractivity contribution in [2.45, 2.75) is 11.3 Å². The lowest BCUT2D eigenvalue weighted by atomic mass is 10.3. The number of hydrogen-bond donors (Lipinski definition) is 0. The molecule has 0 spiro atoms. The number of aldehydes is 1. The topological polar surface area (TPSA) is 72.9 Å². The lowest BCUT2D eigenvalue weighted by Crippen LogP contribution is -2.40. The zero-order valence-corrected chi connectivity index (χ0v) is 11.8. The van der Waals surface area contributed by atoms with E-state index in [-0.39, 0.29) is 4.90 Å². The second-order valence-electron chi connectivity index (χ2n) is 4.29. The molecule has 0 aromatic heterocycles. The summed E-state index contributed by atoms with van der Waals surface area (Å²) in [5, 5.41) is 0. The number of ether oxygens (including phenoxy) is 2. The quantitative estimate of drug-likeness (QED) is 0.570. The summed E-state index contributed by atoms with van der Waals surface area (Å²) in [7, 11) is -3.46. The Morgan fingerprint density at radius 1 is 1.20 bits per heavy atom. The van der Waals surface area contributed by atoms with Crippen LogP contribution in [-0.2, 0) is 19.6 Å². The molecule has 0 N–H and O–H groups in total. The molecule has 1 fully saturated rings. The Hall–Kier alpha value is -1.44. The van der Waals surface area contributed by atoms with Gasteiger partial charge >= 0.3 is 0 Å².